The van der Waals surface area contributed by atoms with Gasteiger partial charge in [0, 0.05) is 19.3 Å². The maximum absolute atomic E-state index is 13.1. The molecule has 0 spiro atoms. The second-order valence-corrected chi connectivity index (χ2v) is 27.8. The van der Waals surface area contributed by atoms with Crippen molar-refractivity contribution in [1.82, 2.24) is 0 Å². The molecule has 0 aliphatic heterocycles. The van der Waals surface area contributed by atoms with Crippen LogP contribution < -0.4 is 0 Å². The number of unbranched alkanes of at least 4 members (excludes halogenated alkanes) is 25. The number of carbonyl (C=O) groups excluding carboxylic acids is 4. The Balaban J connectivity index is 5.43. The monoisotopic (exact) mass is 1420 g/mol. The van der Waals surface area contributed by atoms with Crippen LogP contribution >= 0.6 is 15.6 Å². The first-order valence-corrected chi connectivity index (χ1v) is 40.8. The van der Waals surface area contributed by atoms with Gasteiger partial charge in [-0.2, -0.15) is 0 Å². The first-order valence-electron chi connectivity index (χ1n) is 37.8. The molecule has 562 valence electrons. The van der Waals surface area contributed by atoms with Gasteiger partial charge in [0.25, 0.3) is 0 Å². The van der Waals surface area contributed by atoms with Gasteiger partial charge in [-0.05, 0) is 89.9 Å². The van der Waals surface area contributed by atoms with Gasteiger partial charge in [0.2, 0.25) is 0 Å². The molecule has 0 fully saturated rings. The van der Waals surface area contributed by atoms with Gasteiger partial charge in [-0.3, -0.25) is 37.3 Å². The minimum atomic E-state index is -4.99. The van der Waals surface area contributed by atoms with Crippen LogP contribution in [0, 0.1) is 0 Å². The zero-order chi connectivity index (χ0) is 71.8. The van der Waals surface area contributed by atoms with Crippen molar-refractivity contribution in [3.8, 4) is 0 Å². The van der Waals surface area contributed by atoms with E-state index in [1.54, 1.807) is 6.08 Å². The summed E-state index contributed by atoms with van der Waals surface area (Å²) in [6.45, 7) is 4.47. The van der Waals surface area contributed by atoms with E-state index < -0.39 is 97.5 Å². The summed E-state index contributed by atoms with van der Waals surface area (Å²) in [7, 11) is -9.98. The molecule has 5 unspecified atom stereocenters. The van der Waals surface area contributed by atoms with Crippen molar-refractivity contribution in [3.63, 3.8) is 0 Å². The SMILES string of the molecule is CC/C=C\C/C=C\C/C=C\C/C=C\C/C=C\CCCC(=O)OCC(COP(=O)(O)OCC(O)COP(=O)(O)OCC(COC(=O)C/C=C\C/C=C\C/C=C\C/C=C\C/C=C\CC)OC(=O)CCCCCCCCCCCCC)OC(=O)CCCCCCCCCCCCCCCCC. The van der Waals surface area contributed by atoms with Gasteiger partial charge >= 0.3 is 39.5 Å². The minimum absolute atomic E-state index is 0.0713. The molecule has 19 heteroatoms. The third-order valence-corrected chi connectivity index (χ3v) is 17.4. The number of ether oxygens (including phenoxy) is 4. The van der Waals surface area contributed by atoms with Crippen molar-refractivity contribution in [3.05, 3.63) is 122 Å². The molecule has 98 heavy (non-hydrogen) atoms. The Morgan fingerprint density at radius 1 is 0.306 bits per heavy atom. The maximum Gasteiger partial charge on any atom is 0.472 e. The summed E-state index contributed by atoms with van der Waals surface area (Å²) in [5, 5.41) is 10.6. The van der Waals surface area contributed by atoms with Crippen LogP contribution in [0.25, 0.3) is 0 Å². The Labute approximate surface area is 593 Å². The summed E-state index contributed by atoms with van der Waals surface area (Å²) in [6, 6.07) is 0. The summed E-state index contributed by atoms with van der Waals surface area (Å²) >= 11 is 0. The summed E-state index contributed by atoms with van der Waals surface area (Å²) in [5.74, 6) is -2.38. The van der Waals surface area contributed by atoms with Crippen LogP contribution in [0.2, 0.25) is 0 Å². The molecule has 0 heterocycles. The van der Waals surface area contributed by atoms with E-state index in [4.69, 9.17) is 37.0 Å². The predicted molar refractivity (Wildman–Crippen MR) is 399 cm³/mol. The maximum atomic E-state index is 13.1. The lowest BCUT2D eigenvalue weighted by atomic mass is 10.0. The Morgan fingerprint density at radius 3 is 0.898 bits per heavy atom. The first kappa shape index (κ1) is 93.5. The van der Waals surface area contributed by atoms with Crippen molar-refractivity contribution in [2.24, 2.45) is 0 Å². The third kappa shape index (κ3) is 69.9. The summed E-state index contributed by atoms with van der Waals surface area (Å²) in [4.78, 5) is 72.7. The highest BCUT2D eigenvalue weighted by molar-refractivity contribution is 7.47. The van der Waals surface area contributed by atoms with Gasteiger partial charge in [0.15, 0.2) is 12.2 Å². The topological polar surface area (TPSA) is 237 Å². The Morgan fingerprint density at radius 2 is 0.571 bits per heavy atom. The molecule has 0 saturated heterocycles. The van der Waals surface area contributed by atoms with Gasteiger partial charge < -0.3 is 33.8 Å². The summed E-state index contributed by atoms with van der Waals surface area (Å²) in [5.41, 5.74) is 0. The second-order valence-electron chi connectivity index (χ2n) is 24.9. The number of phosphoric acid groups is 2. The van der Waals surface area contributed by atoms with Crippen molar-refractivity contribution in [1.29, 1.82) is 0 Å². The van der Waals surface area contributed by atoms with E-state index in [1.807, 2.05) is 30.4 Å². The number of hydrogen-bond donors (Lipinski definition) is 3. The molecule has 0 saturated carbocycles. The highest BCUT2D eigenvalue weighted by Gasteiger charge is 2.30. The lowest BCUT2D eigenvalue weighted by Crippen LogP contribution is -2.30. The van der Waals surface area contributed by atoms with Crippen LogP contribution in [-0.4, -0.2) is 96.7 Å². The average molecular weight is 1420 g/mol. The molecule has 0 rings (SSSR count). The van der Waals surface area contributed by atoms with Crippen LogP contribution in [0.15, 0.2) is 122 Å². The molecule has 0 aromatic rings. The van der Waals surface area contributed by atoms with E-state index in [0.29, 0.717) is 32.1 Å². The lowest BCUT2D eigenvalue weighted by molar-refractivity contribution is -0.161. The highest BCUT2D eigenvalue weighted by Crippen LogP contribution is 2.45. The minimum Gasteiger partial charge on any atom is -0.462 e. The Hall–Kier alpha value is -4.54. The standard InChI is InChI=1S/C79H134O17P2/c1-5-9-13-17-21-25-29-32-35-36-39-41-45-48-52-56-60-64-77(82)90-70-75(96-79(84)66-62-58-54-50-46-42-38-34-31-27-23-19-15-11-7-3)72-94-98(87,88)92-68-73(80)67-91-97(85,86)93-71-74(95-78(83)65-61-57-53-49-43-28-24-20-16-12-8-4)69-89-76(81)63-59-55-51-47-44-40-37-33-30-26-22-18-14-10-6-2/h9-10,13-14,21-22,25-26,32-33,35,37,39,41,44,47-48,52,55,59,73-75,80H,5-8,11-12,15-20,23-24,27-31,34,36,38,40,42-43,45-46,49-51,53-54,56-58,60-72H2,1-4H3,(H,85,86)(H,87,88)/b13-9-,14-10-,25-21-,26-22-,35-32-,37-33-,41-39-,47-44-,52-48-,59-55-. The number of aliphatic hydroxyl groups excluding tert-OH is 1. The van der Waals surface area contributed by atoms with Crippen molar-refractivity contribution < 1.29 is 80.2 Å². The molecule has 0 aliphatic rings. The van der Waals surface area contributed by atoms with E-state index in [2.05, 4.69) is 113 Å². The number of carbonyl (C=O) groups is 4. The molecule has 0 bridgehead atoms. The van der Waals surface area contributed by atoms with E-state index in [-0.39, 0.29) is 25.7 Å². The molecular weight excluding hydrogens is 1280 g/mol. The molecule has 3 N–H and O–H groups in total. The van der Waals surface area contributed by atoms with E-state index >= 15 is 0 Å². The normalized spacial score (nSPS) is 14.6. The Kier molecular flexibility index (Phi) is 67.6. The zero-order valence-electron chi connectivity index (χ0n) is 61.2. The first-order chi connectivity index (χ1) is 47.7. The smallest absolute Gasteiger partial charge is 0.462 e. The number of esters is 4. The highest BCUT2D eigenvalue weighted by atomic mass is 31.2. The number of allylic oxidation sites excluding steroid dienone is 19. The van der Waals surface area contributed by atoms with Gasteiger partial charge in [-0.1, -0.05) is 303 Å². The van der Waals surface area contributed by atoms with Crippen molar-refractivity contribution in [2.75, 3.05) is 39.6 Å². The third-order valence-electron chi connectivity index (χ3n) is 15.5. The Bertz CT molecular complexity index is 2340. The molecule has 17 nitrogen and oxygen atoms in total. The fourth-order valence-electron chi connectivity index (χ4n) is 9.80. The van der Waals surface area contributed by atoms with Gasteiger partial charge in [0.1, 0.15) is 19.3 Å². The van der Waals surface area contributed by atoms with Crippen molar-refractivity contribution >= 4 is 39.5 Å². The van der Waals surface area contributed by atoms with E-state index in [0.717, 1.165) is 109 Å². The number of rotatable bonds is 70. The average Bonchev–Trinajstić information content (AvgIpc) is 0.986. The molecule has 0 aromatic carbocycles. The number of phosphoric ester groups is 2. The second kappa shape index (κ2) is 70.9. The van der Waals surface area contributed by atoms with Crippen LogP contribution in [0.3, 0.4) is 0 Å². The van der Waals surface area contributed by atoms with Gasteiger partial charge in [0.05, 0.1) is 32.8 Å². The van der Waals surface area contributed by atoms with E-state index in [1.165, 1.54) is 103 Å². The van der Waals surface area contributed by atoms with E-state index in [9.17, 15) is 43.2 Å². The van der Waals surface area contributed by atoms with Crippen LogP contribution in [0.4, 0.5) is 0 Å². The largest absolute Gasteiger partial charge is 0.472 e. The molecule has 0 aliphatic carbocycles. The zero-order valence-corrected chi connectivity index (χ0v) is 63.0. The van der Waals surface area contributed by atoms with Gasteiger partial charge in [-0.25, -0.2) is 9.13 Å². The number of aliphatic hydroxyl groups is 1. The fraction of sp³-hybridized carbons (Fsp3) is 0.696. The number of hydrogen-bond acceptors (Lipinski definition) is 15. The predicted octanol–water partition coefficient (Wildman–Crippen LogP) is 21.6. The molecule has 0 aromatic heterocycles. The molecular formula is C79H134O17P2. The molecule has 0 amide bonds. The quantitative estimate of drug-likeness (QED) is 0.0169. The van der Waals surface area contributed by atoms with Crippen LogP contribution in [0.5, 0.6) is 0 Å². The van der Waals surface area contributed by atoms with Gasteiger partial charge in [-0.15, -0.1) is 0 Å². The van der Waals surface area contributed by atoms with Crippen LogP contribution in [0.1, 0.15) is 297 Å². The lowest BCUT2D eigenvalue weighted by Gasteiger charge is -2.21. The molecule has 0 radical (unpaired) electrons. The summed E-state index contributed by atoms with van der Waals surface area (Å²) in [6.07, 6.45) is 76.6. The fourth-order valence-corrected chi connectivity index (χ4v) is 11.4. The molecule has 5 atom stereocenters. The van der Waals surface area contributed by atoms with Crippen molar-refractivity contribution in [2.45, 2.75) is 316 Å². The summed E-state index contributed by atoms with van der Waals surface area (Å²) < 4.78 is 68.2. The van der Waals surface area contributed by atoms with Crippen LogP contribution in [-0.2, 0) is 65.4 Å².